The molecule has 1 heterocycles. The van der Waals surface area contributed by atoms with E-state index in [1.165, 1.54) is 7.11 Å². The number of alkyl carbamates (subject to hydrolysis) is 1. The number of fused-ring (bicyclic) bond motifs is 1. The van der Waals surface area contributed by atoms with Crippen molar-refractivity contribution in [1.29, 1.82) is 0 Å². The van der Waals surface area contributed by atoms with Crippen molar-refractivity contribution < 1.29 is 33.4 Å². The summed E-state index contributed by atoms with van der Waals surface area (Å²) in [5, 5.41) is 5.95. The smallest absolute Gasteiger partial charge is 0.408 e. The number of methoxy groups -OCH3 is 1. The fourth-order valence-corrected chi connectivity index (χ4v) is 6.00. The highest BCUT2D eigenvalue weighted by Gasteiger charge is 2.33. The Morgan fingerprint density at radius 2 is 1.79 bits per heavy atom. The Kier molecular flexibility index (Phi) is 12.4. The van der Waals surface area contributed by atoms with E-state index in [0.717, 1.165) is 5.56 Å². The summed E-state index contributed by atoms with van der Waals surface area (Å²) >= 11 is 7.97. The highest BCUT2D eigenvalue weighted by Crippen LogP contribution is 2.39. The molecule has 1 unspecified atom stereocenters. The van der Waals surface area contributed by atoms with Crippen molar-refractivity contribution in [3.63, 3.8) is 0 Å². The Bertz CT molecular complexity index is 1660. The van der Waals surface area contributed by atoms with Gasteiger partial charge in [0.15, 0.2) is 0 Å². The predicted molar refractivity (Wildman–Crippen MR) is 189 cm³/mol. The molecule has 0 spiro atoms. The second-order valence-corrected chi connectivity index (χ2v) is 13.8. The van der Waals surface area contributed by atoms with E-state index in [1.807, 2.05) is 25.3 Å². The van der Waals surface area contributed by atoms with Crippen molar-refractivity contribution >= 4 is 58.6 Å². The number of hydrogen-bond acceptors (Lipinski definition) is 8. The molecule has 48 heavy (non-hydrogen) atoms. The summed E-state index contributed by atoms with van der Waals surface area (Å²) in [6.07, 6.45) is 1.77. The van der Waals surface area contributed by atoms with Gasteiger partial charge < -0.3 is 29.7 Å². The minimum atomic E-state index is -0.926. The van der Waals surface area contributed by atoms with Crippen molar-refractivity contribution in [1.82, 2.24) is 5.32 Å². The molecule has 0 saturated carbocycles. The van der Waals surface area contributed by atoms with Crippen molar-refractivity contribution in [3.05, 3.63) is 87.9 Å². The van der Waals surface area contributed by atoms with Gasteiger partial charge in [0.1, 0.15) is 23.5 Å². The fourth-order valence-electron chi connectivity index (χ4n) is 5.35. The van der Waals surface area contributed by atoms with Gasteiger partial charge in [-0.1, -0.05) is 29.8 Å². The molecule has 0 bridgehead atoms. The summed E-state index contributed by atoms with van der Waals surface area (Å²) < 4.78 is 17.0. The van der Waals surface area contributed by atoms with E-state index >= 15 is 0 Å². The molecule has 256 valence electrons. The third-order valence-electron chi connectivity index (χ3n) is 7.64. The number of carbonyl (C=O) groups excluding carboxylic acids is 4. The van der Waals surface area contributed by atoms with Gasteiger partial charge in [0.05, 0.1) is 18.4 Å². The van der Waals surface area contributed by atoms with Crippen LogP contribution >= 0.6 is 23.4 Å². The summed E-state index contributed by atoms with van der Waals surface area (Å²) in [7, 11) is 1.46. The van der Waals surface area contributed by atoms with Gasteiger partial charge in [-0.2, -0.15) is 11.8 Å². The van der Waals surface area contributed by atoms with Gasteiger partial charge in [-0.3, -0.25) is 9.59 Å². The number of hydrogen-bond donors (Lipinski definition) is 2. The molecular weight excluding hydrogens is 654 g/mol. The molecule has 10 nitrogen and oxygen atoms in total. The molecule has 4 rings (SSSR count). The van der Waals surface area contributed by atoms with E-state index < -0.39 is 29.8 Å². The second kappa shape index (κ2) is 16.3. The summed E-state index contributed by atoms with van der Waals surface area (Å²) in [6, 6.07) is 16.3. The van der Waals surface area contributed by atoms with E-state index in [2.05, 4.69) is 10.6 Å². The number of amides is 3. The Balaban J connectivity index is 1.58. The standard InChI is InChI=1S/C36H42ClN3O7S/c1-22-10-7-8-11-25(22)32(41)38-24-14-15-26(31(21-24)45-5)33(42)40-18-9-12-30(27-20-23(37)13-16-29(27)40)46-34(43)28(17-19-48-6)39-35(44)47-36(2,3)4/h7-8,10-11,13-16,20-21,28,30H,9,12,17-19H2,1-6H3,(H,38,41)(H,39,44)/t28-,30?/m0/s1. The Morgan fingerprint density at radius 1 is 1.04 bits per heavy atom. The van der Waals surface area contributed by atoms with E-state index in [4.69, 9.17) is 25.8 Å². The predicted octanol–water partition coefficient (Wildman–Crippen LogP) is 7.58. The lowest BCUT2D eigenvalue weighted by Gasteiger charge is -2.26. The Hall–Kier alpha value is -4.22. The number of nitrogens with zero attached hydrogens (tertiary/aromatic N) is 1. The minimum absolute atomic E-state index is 0.273. The number of benzene rings is 3. The number of rotatable bonds is 10. The molecule has 3 aromatic carbocycles. The third-order valence-corrected chi connectivity index (χ3v) is 8.52. The zero-order chi connectivity index (χ0) is 35.0. The molecule has 3 amide bonds. The van der Waals surface area contributed by atoms with Gasteiger partial charge >= 0.3 is 12.1 Å². The van der Waals surface area contributed by atoms with E-state index in [9.17, 15) is 19.2 Å². The van der Waals surface area contributed by atoms with Gasteiger partial charge in [0.25, 0.3) is 11.8 Å². The van der Waals surface area contributed by atoms with Gasteiger partial charge in [-0.25, -0.2) is 9.59 Å². The summed E-state index contributed by atoms with van der Waals surface area (Å²) in [5.41, 5.74) is 2.53. The molecule has 2 atom stereocenters. The largest absolute Gasteiger partial charge is 0.496 e. The van der Waals surface area contributed by atoms with Crippen molar-refractivity contribution in [3.8, 4) is 5.75 Å². The third kappa shape index (κ3) is 9.44. The van der Waals surface area contributed by atoms with E-state index in [-0.39, 0.29) is 17.6 Å². The maximum atomic E-state index is 14.1. The quantitative estimate of drug-likeness (QED) is 0.208. The molecule has 0 radical (unpaired) electrons. The van der Waals surface area contributed by atoms with Crippen LogP contribution in [0.3, 0.4) is 0 Å². The number of aryl methyl sites for hydroxylation is 1. The van der Waals surface area contributed by atoms with Gasteiger partial charge in [0, 0.05) is 34.4 Å². The first kappa shape index (κ1) is 36.6. The molecule has 0 aromatic heterocycles. The molecule has 1 aliphatic heterocycles. The number of carbonyl (C=O) groups is 4. The van der Waals surface area contributed by atoms with Crippen LogP contribution in [-0.4, -0.2) is 61.2 Å². The maximum Gasteiger partial charge on any atom is 0.408 e. The molecule has 2 N–H and O–H groups in total. The molecular formula is C36H42ClN3O7S. The Morgan fingerprint density at radius 3 is 2.48 bits per heavy atom. The lowest BCUT2D eigenvalue weighted by Crippen LogP contribution is -2.44. The van der Waals surface area contributed by atoms with Crippen LogP contribution in [0.25, 0.3) is 0 Å². The first-order chi connectivity index (χ1) is 22.8. The van der Waals surface area contributed by atoms with Gasteiger partial charge in [-0.15, -0.1) is 0 Å². The monoisotopic (exact) mass is 695 g/mol. The topological polar surface area (TPSA) is 123 Å². The highest BCUT2D eigenvalue weighted by molar-refractivity contribution is 7.98. The zero-order valence-electron chi connectivity index (χ0n) is 28.1. The van der Waals surface area contributed by atoms with Gasteiger partial charge in [0.2, 0.25) is 0 Å². The molecule has 0 fully saturated rings. The Labute approximate surface area is 290 Å². The average Bonchev–Trinajstić information content (AvgIpc) is 3.20. The molecule has 0 saturated heterocycles. The molecule has 0 aliphatic carbocycles. The van der Waals surface area contributed by atoms with Crippen LogP contribution in [0.15, 0.2) is 60.7 Å². The van der Waals surface area contributed by atoms with Crippen LogP contribution in [0, 0.1) is 6.92 Å². The van der Waals surface area contributed by atoms with Crippen LogP contribution < -0.4 is 20.3 Å². The van der Waals surface area contributed by atoms with Crippen molar-refractivity contribution in [2.75, 3.05) is 35.9 Å². The maximum absolute atomic E-state index is 14.1. The van der Waals surface area contributed by atoms with Crippen LogP contribution in [0.4, 0.5) is 16.2 Å². The highest BCUT2D eigenvalue weighted by atomic mass is 35.5. The number of thioether (sulfide) groups is 1. The first-order valence-corrected chi connectivity index (χ1v) is 17.4. The number of anilines is 2. The zero-order valence-corrected chi connectivity index (χ0v) is 29.6. The SMILES string of the molecule is COc1cc(NC(=O)c2ccccc2C)ccc1C(=O)N1CCCC(OC(=O)[C@H](CCSC)NC(=O)OC(C)(C)C)c2cc(Cl)ccc21. The van der Waals surface area contributed by atoms with E-state index in [0.29, 0.717) is 64.6 Å². The van der Waals surface area contributed by atoms with Crippen molar-refractivity contribution in [2.45, 2.75) is 64.7 Å². The van der Waals surface area contributed by atoms with Crippen molar-refractivity contribution in [2.24, 2.45) is 0 Å². The summed E-state index contributed by atoms with van der Waals surface area (Å²) in [6.45, 7) is 7.43. The summed E-state index contributed by atoms with van der Waals surface area (Å²) in [5.74, 6) is -0.305. The summed E-state index contributed by atoms with van der Waals surface area (Å²) in [4.78, 5) is 54.7. The molecule has 3 aromatic rings. The normalized spacial score (nSPS) is 15.0. The number of halogens is 1. The minimum Gasteiger partial charge on any atom is -0.496 e. The number of nitrogens with one attached hydrogen (secondary N) is 2. The van der Waals surface area contributed by atoms with Crippen LogP contribution in [0.1, 0.15) is 78.0 Å². The first-order valence-electron chi connectivity index (χ1n) is 15.7. The number of ether oxygens (including phenoxy) is 3. The van der Waals surface area contributed by atoms with Crippen LogP contribution in [0.5, 0.6) is 5.75 Å². The molecule has 12 heteroatoms. The average molecular weight is 696 g/mol. The van der Waals surface area contributed by atoms with Crippen LogP contribution in [-0.2, 0) is 14.3 Å². The van der Waals surface area contributed by atoms with Gasteiger partial charge in [-0.05, 0) is 101 Å². The van der Waals surface area contributed by atoms with Crippen LogP contribution in [0.2, 0.25) is 5.02 Å². The lowest BCUT2D eigenvalue weighted by molar-refractivity contribution is -0.152. The second-order valence-electron chi connectivity index (χ2n) is 12.4. The van der Waals surface area contributed by atoms with E-state index in [1.54, 1.807) is 86.0 Å². The lowest BCUT2D eigenvalue weighted by atomic mass is 10.0. The fraction of sp³-hybridized carbons (Fsp3) is 0.389. The number of esters is 1. The molecule has 1 aliphatic rings.